The Morgan fingerprint density at radius 2 is 1.57 bits per heavy atom. The van der Waals surface area contributed by atoms with Gasteiger partial charge in [-0.2, -0.15) is 0 Å². The van der Waals surface area contributed by atoms with Crippen LogP contribution in [0.25, 0.3) is 0 Å². The molecule has 1 amide bonds. The van der Waals surface area contributed by atoms with Gasteiger partial charge in [-0.3, -0.25) is 10.1 Å². The molecule has 0 aliphatic rings. The number of anilines is 2. The van der Waals surface area contributed by atoms with Gasteiger partial charge in [-0.05, 0) is 48.9 Å². The van der Waals surface area contributed by atoms with Crippen LogP contribution in [-0.2, 0) is 6.42 Å². The van der Waals surface area contributed by atoms with Crippen LogP contribution in [0.4, 0.5) is 17.1 Å². The predicted molar refractivity (Wildman–Crippen MR) is 123 cm³/mol. The number of carbonyl (C=O) groups is 1. The number of rotatable bonds is 7. The Labute approximate surface area is 177 Å². The molecule has 0 atom stereocenters. The number of para-hydroxylation sites is 3. The Morgan fingerprint density at radius 1 is 0.933 bits per heavy atom. The third-order valence-corrected chi connectivity index (χ3v) is 4.92. The third-order valence-electron chi connectivity index (χ3n) is 4.92. The number of quaternary nitrogens is 1. The van der Waals surface area contributed by atoms with Crippen molar-refractivity contribution in [3.8, 4) is 0 Å². The number of nitrogens with one attached hydrogen (secondary N) is 2. The molecular weight excluding hydrogens is 372 g/mol. The highest BCUT2D eigenvalue weighted by Crippen LogP contribution is 2.19. The van der Waals surface area contributed by atoms with Gasteiger partial charge in [-0.1, -0.05) is 42.5 Å². The number of benzene rings is 3. The second kappa shape index (κ2) is 9.67. The first-order valence-electron chi connectivity index (χ1n) is 9.84. The number of allylic oxidation sites excluding steroid dienone is 2. The van der Waals surface area contributed by atoms with Gasteiger partial charge in [-0.25, -0.2) is 0 Å². The van der Waals surface area contributed by atoms with E-state index in [1.54, 1.807) is 24.3 Å². The van der Waals surface area contributed by atoms with Crippen molar-refractivity contribution in [3.63, 3.8) is 0 Å². The lowest BCUT2D eigenvalue weighted by Gasteiger charge is -2.11. The minimum Gasteiger partial charge on any atom is -0.397 e. The smallest absolute Gasteiger partial charge is 0.255 e. The van der Waals surface area contributed by atoms with Crippen molar-refractivity contribution < 1.29 is 10.1 Å². The summed E-state index contributed by atoms with van der Waals surface area (Å²) in [5.74, 6) is -0.202. The zero-order valence-corrected chi connectivity index (χ0v) is 17.3. The van der Waals surface area contributed by atoms with Gasteiger partial charge in [0.15, 0.2) is 0 Å². The van der Waals surface area contributed by atoms with Gasteiger partial charge in [0, 0.05) is 30.2 Å². The summed E-state index contributed by atoms with van der Waals surface area (Å²) in [5.41, 5.74) is 12.3. The van der Waals surface area contributed by atoms with E-state index < -0.39 is 0 Å². The van der Waals surface area contributed by atoms with E-state index in [2.05, 4.69) is 10.6 Å². The molecule has 0 radical (unpaired) electrons. The summed E-state index contributed by atoms with van der Waals surface area (Å²) in [5, 5.41) is 13.1. The molecule has 0 unspecified atom stereocenters. The van der Waals surface area contributed by atoms with Crippen molar-refractivity contribution in [2.45, 2.75) is 20.3 Å². The lowest BCUT2D eigenvalue weighted by Crippen LogP contribution is -2.75. The summed E-state index contributed by atoms with van der Waals surface area (Å²) in [6.07, 6.45) is 0.637. The molecule has 0 saturated heterocycles. The quantitative estimate of drug-likeness (QED) is 0.353. The third kappa shape index (κ3) is 5.43. The van der Waals surface area contributed by atoms with E-state index in [0.29, 0.717) is 29.1 Å². The first-order chi connectivity index (χ1) is 14.4. The van der Waals surface area contributed by atoms with Gasteiger partial charge in [0.25, 0.3) is 5.91 Å². The molecule has 0 fully saturated rings. The molecule has 3 aromatic rings. The molecule has 0 bridgehead atoms. The highest BCUT2D eigenvalue weighted by atomic mass is 16.1. The molecule has 5 nitrogen and oxygen atoms in total. The molecule has 30 heavy (non-hydrogen) atoms. The molecule has 0 heterocycles. The average Bonchev–Trinajstić information content (AvgIpc) is 2.74. The van der Waals surface area contributed by atoms with Crippen LogP contribution in [0.1, 0.15) is 29.8 Å². The Kier molecular flexibility index (Phi) is 6.78. The summed E-state index contributed by atoms with van der Waals surface area (Å²) in [7, 11) is 0. The fourth-order valence-electron chi connectivity index (χ4n) is 3.24. The summed E-state index contributed by atoms with van der Waals surface area (Å²) in [6.45, 7) is 3.84. The topological polar surface area (TPSA) is 95.6 Å². The van der Waals surface area contributed by atoms with E-state index in [-0.39, 0.29) is 5.91 Å². The van der Waals surface area contributed by atoms with Crippen molar-refractivity contribution in [2.24, 2.45) is 0 Å². The minimum absolute atomic E-state index is 0.202. The first-order valence-corrected chi connectivity index (χ1v) is 9.84. The van der Waals surface area contributed by atoms with Crippen molar-refractivity contribution >= 4 is 28.7 Å². The molecule has 5 heteroatoms. The normalized spacial score (nSPS) is 11.5. The Morgan fingerprint density at radius 3 is 2.20 bits per heavy atom. The molecule has 3 aromatic carbocycles. The van der Waals surface area contributed by atoms with E-state index in [0.717, 1.165) is 22.5 Å². The van der Waals surface area contributed by atoms with Crippen LogP contribution in [0, 0.1) is 5.41 Å². The number of nitrogen functional groups attached to an aromatic ring is 1. The van der Waals surface area contributed by atoms with E-state index in [4.69, 9.17) is 11.1 Å². The van der Waals surface area contributed by atoms with Crippen LogP contribution in [0.3, 0.4) is 0 Å². The molecule has 0 aliphatic carbocycles. The zero-order valence-electron chi connectivity index (χ0n) is 17.3. The molecule has 0 saturated carbocycles. The second-order valence-corrected chi connectivity index (χ2v) is 7.26. The highest BCUT2D eigenvalue weighted by Gasteiger charge is 2.13. The maximum absolute atomic E-state index is 12.5. The number of nitrogens with two attached hydrogens (primary N) is 2. The highest BCUT2D eigenvalue weighted by molar-refractivity contribution is 6.05. The van der Waals surface area contributed by atoms with Crippen molar-refractivity contribution in [1.29, 1.82) is 5.41 Å². The summed E-state index contributed by atoms with van der Waals surface area (Å²) in [6, 6.07) is 24.7. The number of hydrogen-bond acceptors (Lipinski definition) is 3. The SMILES string of the molecule is CC(=N)/C(Cc1ccc(C(=O)Nc2ccccc2N)cc1)=C(/C)[NH2+]c1ccccc1. The maximum atomic E-state index is 12.5. The summed E-state index contributed by atoms with van der Waals surface area (Å²) >= 11 is 0. The van der Waals surface area contributed by atoms with Gasteiger partial charge in [0.1, 0.15) is 11.4 Å². The first kappa shape index (κ1) is 21.0. The van der Waals surface area contributed by atoms with Crippen LogP contribution in [0.5, 0.6) is 0 Å². The number of carbonyl (C=O) groups excluding carboxylic acids is 1. The fourth-order valence-corrected chi connectivity index (χ4v) is 3.24. The molecule has 152 valence electrons. The van der Waals surface area contributed by atoms with Crippen molar-refractivity contribution in [3.05, 3.63) is 101 Å². The molecule has 3 rings (SSSR count). The second-order valence-electron chi connectivity index (χ2n) is 7.26. The van der Waals surface area contributed by atoms with Crippen LogP contribution in [0.15, 0.2) is 90.1 Å². The van der Waals surface area contributed by atoms with Crippen molar-refractivity contribution in [1.82, 2.24) is 0 Å². The van der Waals surface area contributed by atoms with Gasteiger partial charge in [-0.15, -0.1) is 0 Å². The van der Waals surface area contributed by atoms with Gasteiger partial charge in [0.2, 0.25) is 0 Å². The van der Waals surface area contributed by atoms with Gasteiger partial charge < -0.3 is 16.5 Å². The lowest BCUT2D eigenvalue weighted by atomic mass is 9.99. The van der Waals surface area contributed by atoms with Crippen molar-refractivity contribution in [2.75, 3.05) is 11.1 Å². The summed E-state index contributed by atoms with van der Waals surface area (Å²) in [4.78, 5) is 12.5. The zero-order chi connectivity index (χ0) is 21.5. The van der Waals surface area contributed by atoms with Crippen LogP contribution >= 0.6 is 0 Å². The molecule has 0 aliphatic heterocycles. The lowest BCUT2D eigenvalue weighted by molar-refractivity contribution is -0.518. The Balaban J connectivity index is 1.73. The number of hydrogen-bond donors (Lipinski definition) is 4. The van der Waals surface area contributed by atoms with Crippen LogP contribution < -0.4 is 16.4 Å². The van der Waals surface area contributed by atoms with Gasteiger partial charge >= 0.3 is 0 Å². The Hall–Kier alpha value is -3.70. The summed E-state index contributed by atoms with van der Waals surface area (Å²) < 4.78 is 0. The number of amides is 1. The average molecular weight is 400 g/mol. The van der Waals surface area contributed by atoms with E-state index in [1.165, 1.54) is 0 Å². The standard InChI is InChI=1S/C25H26N4O/c1-17(26)22(18(2)28-21-8-4-3-5-9-21)16-19-12-14-20(15-13-19)25(30)29-24-11-7-6-10-23(24)27/h3-15,26,28H,16,27H2,1-2H3,(H,29,30)/p+1/b22-18-,26-17?. The molecule has 6 N–H and O–H groups in total. The monoisotopic (exact) mass is 399 g/mol. The molecular formula is C25H27N4O+. The maximum Gasteiger partial charge on any atom is 0.255 e. The Bertz CT molecular complexity index is 1070. The fraction of sp³-hybridized carbons (Fsp3) is 0.120. The molecule has 0 spiro atoms. The van der Waals surface area contributed by atoms with Crippen LogP contribution in [0.2, 0.25) is 0 Å². The van der Waals surface area contributed by atoms with E-state index >= 15 is 0 Å². The predicted octanol–water partition coefficient (Wildman–Crippen LogP) is 4.27. The minimum atomic E-state index is -0.202. The van der Waals surface area contributed by atoms with E-state index in [9.17, 15) is 4.79 Å². The molecule has 0 aromatic heterocycles. The van der Waals surface area contributed by atoms with Gasteiger partial charge in [0.05, 0.1) is 11.4 Å². The van der Waals surface area contributed by atoms with Crippen LogP contribution in [-0.4, -0.2) is 11.6 Å². The largest absolute Gasteiger partial charge is 0.397 e. The van der Waals surface area contributed by atoms with E-state index in [1.807, 2.05) is 68.4 Å².